The number of amides is 1. The molecule has 2 aromatic rings. The Bertz CT molecular complexity index is 574. The quantitative estimate of drug-likeness (QED) is 0.892. The average molecular weight is 357 g/mol. The van der Waals surface area contributed by atoms with Crippen molar-refractivity contribution in [1.29, 1.82) is 0 Å². The number of halogens is 1. The highest BCUT2D eigenvalue weighted by atomic mass is 79.9. The number of methoxy groups -OCH3 is 1. The van der Waals surface area contributed by atoms with Crippen molar-refractivity contribution < 1.29 is 14.3 Å². The molecule has 0 saturated carbocycles. The zero-order valence-corrected chi connectivity index (χ0v) is 13.2. The van der Waals surface area contributed by atoms with E-state index in [1.54, 1.807) is 7.11 Å². The van der Waals surface area contributed by atoms with Crippen molar-refractivity contribution in [2.24, 2.45) is 0 Å². The molecule has 0 saturated heterocycles. The first-order chi connectivity index (χ1) is 9.70. The number of carbonyl (C=O) groups excluding carboxylic acids is 1. The molecule has 7 heteroatoms. The Morgan fingerprint density at radius 2 is 2.15 bits per heavy atom. The largest absolute Gasteiger partial charge is 0.480 e. The predicted molar refractivity (Wildman–Crippen MR) is 79.8 cm³/mol. The number of benzene rings is 1. The summed E-state index contributed by atoms with van der Waals surface area (Å²) in [6.45, 7) is 0.592. The number of nitrogens with zero attached hydrogens (tertiary/aromatic N) is 1. The van der Waals surface area contributed by atoms with E-state index < -0.39 is 6.09 Å². The number of hydrogen-bond acceptors (Lipinski definition) is 5. The minimum Gasteiger partial charge on any atom is -0.480 e. The first kappa shape index (κ1) is 14.8. The summed E-state index contributed by atoms with van der Waals surface area (Å²) in [6.07, 6.45) is -0.465. The van der Waals surface area contributed by atoms with Crippen molar-refractivity contribution in [3.63, 3.8) is 0 Å². The molecular weight excluding hydrogens is 344 g/mol. The lowest BCUT2D eigenvalue weighted by molar-refractivity contribution is 0.139. The van der Waals surface area contributed by atoms with Gasteiger partial charge in [-0.05, 0) is 33.0 Å². The minimum atomic E-state index is -0.465. The lowest BCUT2D eigenvalue weighted by atomic mass is 10.2. The van der Waals surface area contributed by atoms with Crippen LogP contribution in [0.5, 0.6) is 5.88 Å². The zero-order valence-electron chi connectivity index (χ0n) is 10.8. The fourth-order valence-electron chi connectivity index (χ4n) is 1.46. The highest BCUT2D eigenvalue weighted by Crippen LogP contribution is 2.30. The van der Waals surface area contributed by atoms with Gasteiger partial charge in [0.25, 0.3) is 0 Å². The SMILES string of the molecule is COc1nsc(CNC(=O)OCc2ccccc2)c1Br. The van der Waals surface area contributed by atoms with Crippen molar-refractivity contribution in [3.8, 4) is 5.88 Å². The smallest absolute Gasteiger partial charge is 0.407 e. The van der Waals surface area contributed by atoms with Gasteiger partial charge in [0.1, 0.15) is 6.61 Å². The standard InChI is InChI=1S/C13H13BrN2O3S/c1-18-12-11(14)10(20-16-12)7-15-13(17)19-8-9-5-3-2-4-6-9/h2-6H,7-8H2,1H3,(H,15,17). The predicted octanol–water partition coefficient (Wildman–Crippen LogP) is 3.34. The topological polar surface area (TPSA) is 60.5 Å². The van der Waals surface area contributed by atoms with Crippen molar-refractivity contribution in [1.82, 2.24) is 9.69 Å². The van der Waals surface area contributed by atoms with E-state index in [0.29, 0.717) is 12.4 Å². The summed E-state index contributed by atoms with van der Waals surface area (Å²) in [5.41, 5.74) is 0.947. The fraction of sp³-hybridized carbons (Fsp3) is 0.231. The maximum Gasteiger partial charge on any atom is 0.407 e. The van der Waals surface area contributed by atoms with Crippen LogP contribution in [0.1, 0.15) is 10.4 Å². The van der Waals surface area contributed by atoms with Crippen molar-refractivity contribution in [3.05, 3.63) is 45.2 Å². The molecule has 1 aromatic carbocycles. The van der Waals surface area contributed by atoms with E-state index in [9.17, 15) is 4.79 Å². The van der Waals surface area contributed by atoms with Crippen LogP contribution in [0.15, 0.2) is 34.8 Å². The molecule has 0 spiro atoms. The second kappa shape index (κ2) is 7.25. The van der Waals surface area contributed by atoms with E-state index in [-0.39, 0.29) is 6.61 Å². The van der Waals surface area contributed by atoms with Crippen LogP contribution in [0, 0.1) is 0 Å². The van der Waals surface area contributed by atoms with Gasteiger partial charge in [0.05, 0.1) is 23.0 Å². The molecule has 2 rings (SSSR count). The molecule has 0 aliphatic rings. The molecule has 1 heterocycles. The van der Waals surface area contributed by atoms with E-state index in [2.05, 4.69) is 25.6 Å². The molecule has 1 aromatic heterocycles. The van der Waals surface area contributed by atoms with Gasteiger partial charge in [0.15, 0.2) is 0 Å². The van der Waals surface area contributed by atoms with E-state index >= 15 is 0 Å². The summed E-state index contributed by atoms with van der Waals surface area (Å²) in [5.74, 6) is 0.518. The lowest BCUT2D eigenvalue weighted by Gasteiger charge is -2.06. The van der Waals surface area contributed by atoms with Gasteiger partial charge in [-0.25, -0.2) is 4.79 Å². The molecular formula is C13H13BrN2O3S. The minimum absolute atomic E-state index is 0.250. The second-order valence-electron chi connectivity index (χ2n) is 3.84. The number of nitrogens with one attached hydrogen (secondary N) is 1. The van der Waals surface area contributed by atoms with Gasteiger partial charge in [-0.15, -0.1) is 0 Å². The Morgan fingerprint density at radius 1 is 1.40 bits per heavy atom. The van der Waals surface area contributed by atoms with Crippen LogP contribution in [-0.4, -0.2) is 17.6 Å². The van der Waals surface area contributed by atoms with Gasteiger partial charge in [0.2, 0.25) is 5.88 Å². The fourth-order valence-corrected chi connectivity index (χ4v) is 2.85. The summed E-state index contributed by atoms with van der Waals surface area (Å²) >= 11 is 4.63. The molecule has 5 nitrogen and oxygen atoms in total. The third kappa shape index (κ3) is 3.94. The van der Waals surface area contributed by atoms with Gasteiger partial charge >= 0.3 is 6.09 Å². The van der Waals surface area contributed by atoms with Crippen LogP contribution < -0.4 is 10.1 Å². The van der Waals surface area contributed by atoms with Crippen LogP contribution in [0.2, 0.25) is 0 Å². The van der Waals surface area contributed by atoms with Crippen molar-refractivity contribution in [2.45, 2.75) is 13.2 Å². The maximum absolute atomic E-state index is 11.6. The van der Waals surface area contributed by atoms with Crippen molar-refractivity contribution in [2.75, 3.05) is 7.11 Å². The van der Waals surface area contributed by atoms with Crippen LogP contribution in [0.3, 0.4) is 0 Å². The first-order valence-corrected chi connectivity index (χ1v) is 7.40. The van der Waals surface area contributed by atoms with Gasteiger partial charge in [-0.3, -0.25) is 0 Å². The molecule has 1 amide bonds. The normalized spacial score (nSPS) is 10.1. The van der Waals surface area contributed by atoms with Crippen LogP contribution in [0.25, 0.3) is 0 Å². The number of aromatic nitrogens is 1. The molecule has 0 aliphatic carbocycles. The maximum atomic E-state index is 11.6. The van der Waals surface area contributed by atoms with E-state index in [1.807, 2.05) is 30.3 Å². The highest BCUT2D eigenvalue weighted by Gasteiger charge is 2.12. The number of rotatable bonds is 5. The van der Waals surface area contributed by atoms with E-state index in [4.69, 9.17) is 9.47 Å². The van der Waals surface area contributed by atoms with Gasteiger partial charge in [-0.2, -0.15) is 4.37 Å². The van der Waals surface area contributed by atoms with E-state index in [0.717, 1.165) is 14.9 Å². The van der Waals surface area contributed by atoms with Crippen LogP contribution in [0.4, 0.5) is 4.79 Å². The van der Waals surface area contributed by atoms with E-state index in [1.165, 1.54) is 11.5 Å². The molecule has 0 atom stereocenters. The Morgan fingerprint density at radius 3 is 2.80 bits per heavy atom. The molecule has 0 unspecified atom stereocenters. The number of carbonyl (C=O) groups is 1. The average Bonchev–Trinajstić information content (AvgIpc) is 2.84. The third-order valence-corrected chi connectivity index (χ3v) is 4.38. The van der Waals surface area contributed by atoms with Gasteiger partial charge in [0, 0.05) is 0 Å². The Labute approximate surface area is 129 Å². The molecule has 0 fully saturated rings. The van der Waals surface area contributed by atoms with Crippen molar-refractivity contribution >= 4 is 33.6 Å². The molecule has 0 bridgehead atoms. The van der Waals surface area contributed by atoms with Crippen LogP contribution in [-0.2, 0) is 17.9 Å². The first-order valence-electron chi connectivity index (χ1n) is 5.83. The number of hydrogen-bond donors (Lipinski definition) is 1. The Balaban J connectivity index is 1.79. The molecule has 20 heavy (non-hydrogen) atoms. The summed E-state index contributed by atoms with van der Waals surface area (Å²) in [4.78, 5) is 12.5. The molecule has 0 aliphatic heterocycles. The Kier molecular flexibility index (Phi) is 5.37. The number of alkyl carbamates (subject to hydrolysis) is 1. The summed E-state index contributed by atoms with van der Waals surface area (Å²) in [7, 11) is 1.55. The molecule has 0 radical (unpaired) electrons. The highest BCUT2D eigenvalue weighted by molar-refractivity contribution is 9.10. The molecule has 106 valence electrons. The monoisotopic (exact) mass is 356 g/mol. The number of ether oxygens (including phenoxy) is 2. The summed E-state index contributed by atoms with van der Waals surface area (Å²) in [5, 5.41) is 2.67. The van der Waals surface area contributed by atoms with Crippen LogP contribution >= 0.6 is 27.5 Å². The Hall–Kier alpha value is -1.60. The molecule has 1 N–H and O–H groups in total. The lowest BCUT2D eigenvalue weighted by Crippen LogP contribution is -2.23. The van der Waals surface area contributed by atoms with Gasteiger partial charge < -0.3 is 14.8 Å². The summed E-state index contributed by atoms with van der Waals surface area (Å²) < 4.78 is 15.0. The second-order valence-corrected chi connectivity index (χ2v) is 5.50. The summed E-state index contributed by atoms with van der Waals surface area (Å²) in [6, 6.07) is 9.52. The third-order valence-electron chi connectivity index (χ3n) is 2.47. The zero-order chi connectivity index (χ0) is 14.4. The van der Waals surface area contributed by atoms with Gasteiger partial charge in [-0.1, -0.05) is 30.3 Å².